The topological polar surface area (TPSA) is 83.9 Å². The first kappa shape index (κ1) is 16.8. The van der Waals surface area contributed by atoms with E-state index in [1.807, 2.05) is 11.0 Å². The highest BCUT2D eigenvalue weighted by Gasteiger charge is 2.49. The van der Waals surface area contributed by atoms with E-state index in [-0.39, 0.29) is 40.4 Å². The van der Waals surface area contributed by atoms with Crippen LogP contribution in [0.25, 0.3) is 0 Å². The summed E-state index contributed by atoms with van der Waals surface area (Å²) in [5, 5.41) is 0.430. The predicted molar refractivity (Wildman–Crippen MR) is 97.9 cm³/mol. The second-order valence-electron chi connectivity index (χ2n) is 6.78. The largest absolute Gasteiger partial charge is 0.316 e. The predicted octanol–water partition coefficient (Wildman–Crippen LogP) is 1.90. The van der Waals surface area contributed by atoms with Gasteiger partial charge in [0, 0.05) is 22.4 Å². The molecule has 1 saturated carbocycles. The number of carbonyl (C=O) groups excluding carboxylic acids is 2. The van der Waals surface area contributed by atoms with Gasteiger partial charge in [-0.05, 0) is 31.9 Å². The van der Waals surface area contributed by atoms with Crippen LogP contribution >= 0.6 is 11.8 Å². The molecule has 2 aliphatic heterocycles. The molecule has 4 rings (SSSR count). The summed E-state index contributed by atoms with van der Waals surface area (Å²) in [6.45, 7) is 1.49. The molecule has 2 atom stereocenters. The van der Waals surface area contributed by atoms with Crippen LogP contribution in [-0.4, -0.2) is 48.1 Å². The first-order valence-electron chi connectivity index (χ1n) is 8.24. The number of aliphatic imine (C=N–C) groups is 1. The Hall–Kier alpha value is -1.67. The maximum absolute atomic E-state index is 12.2. The van der Waals surface area contributed by atoms with E-state index >= 15 is 0 Å². The van der Waals surface area contributed by atoms with Crippen molar-refractivity contribution in [1.82, 2.24) is 0 Å². The monoisotopic (exact) mass is 378 g/mol. The molecule has 1 aromatic rings. The zero-order chi connectivity index (χ0) is 17.8. The third kappa shape index (κ3) is 3.25. The van der Waals surface area contributed by atoms with Gasteiger partial charge in [0.2, 0.25) is 0 Å². The normalized spacial score (nSPS) is 29.0. The van der Waals surface area contributed by atoms with E-state index in [9.17, 15) is 18.0 Å². The maximum Gasteiger partial charge on any atom is 0.251 e. The summed E-state index contributed by atoms with van der Waals surface area (Å²) >= 11 is 1.37. The Morgan fingerprint density at radius 2 is 2.00 bits per heavy atom. The minimum absolute atomic E-state index is 0.0164. The number of anilines is 1. The molecule has 0 spiro atoms. The zero-order valence-electron chi connectivity index (χ0n) is 13.7. The number of thioether (sulfide) groups is 1. The second kappa shape index (κ2) is 5.95. The number of amides is 1. The van der Waals surface area contributed by atoms with Gasteiger partial charge in [-0.15, -0.1) is 0 Å². The van der Waals surface area contributed by atoms with Crippen molar-refractivity contribution in [2.45, 2.75) is 31.1 Å². The summed E-state index contributed by atoms with van der Waals surface area (Å²) in [5.41, 5.74) is 1.27. The van der Waals surface area contributed by atoms with Crippen LogP contribution in [0.4, 0.5) is 5.69 Å². The van der Waals surface area contributed by atoms with Gasteiger partial charge >= 0.3 is 0 Å². The van der Waals surface area contributed by atoms with Gasteiger partial charge in [-0.3, -0.25) is 9.59 Å². The molecule has 25 heavy (non-hydrogen) atoms. The lowest BCUT2D eigenvalue weighted by Gasteiger charge is -2.24. The maximum atomic E-state index is 12.2. The molecule has 1 amide bonds. The average molecular weight is 378 g/mol. The van der Waals surface area contributed by atoms with Crippen LogP contribution in [0.15, 0.2) is 29.3 Å². The number of amidine groups is 1. The Morgan fingerprint density at radius 3 is 2.68 bits per heavy atom. The molecule has 1 aliphatic carbocycles. The Morgan fingerprint density at radius 1 is 1.24 bits per heavy atom. The number of hydrogen-bond donors (Lipinski definition) is 0. The molecule has 0 unspecified atom stereocenters. The number of rotatable bonds is 3. The van der Waals surface area contributed by atoms with Crippen molar-refractivity contribution >= 4 is 44.1 Å². The van der Waals surface area contributed by atoms with Gasteiger partial charge in [0.25, 0.3) is 5.91 Å². The number of carbonyl (C=O) groups is 2. The molecule has 2 saturated heterocycles. The van der Waals surface area contributed by atoms with Crippen molar-refractivity contribution in [1.29, 1.82) is 0 Å². The average Bonchev–Trinajstić information content (AvgIpc) is 3.28. The highest BCUT2D eigenvalue weighted by molar-refractivity contribution is 8.16. The van der Waals surface area contributed by atoms with Gasteiger partial charge in [-0.2, -0.15) is 4.99 Å². The third-order valence-electron chi connectivity index (χ3n) is 4.73. The molecular formula is C17H18N2O4S2. The number of hydrogen-bond acceptors (Lipinski definition) is 5. The van der Waals surface area contributed by atoms with Crippen LogP contribution < -0.4 is 4.90 Å². The first-order valence-corrected chi connectivity index (χ1v) is 10.9. The van der Waals surface area contributed by atoms with Crippen molar-refractivity contribution in [2.75, 3.05) is 16.4 Å². The fourth-order valence-corrected chi connectivity index (χ4v) is 7.18. The molecule has 1 aromatic carbocycles. The highest BCUT2D eigenvalue weighted by atomic mass is 32.2. The third-order valence-corrected chi connectivity index (χ3v) is 7.94. The van der Waals surface area contributed by atoms with E-state index in [0.29, 0.717) is 16.4 Å². The minimum atomic E-state index is -3.10. The van der Waals surface area contributed by atoms with Crippen molar-refractivity contribution < 1.29 is 18.0 Å². The Labute approximate surface area is 150 Å². The Kier molecular flexibility index (Phi) is 3.99. The van der Waals surface area contributed by atoms with Crippen molar-refractivity contribution in [2.24, 2.45) is 10.9 Å². The molecule has 0 bridgehead atoms. The summed E-state index contributed by atoms with van der Waals surface area (Å²) < 4.78 is 24.1. The van der Waals surface area contributed by atoms with Crippen molar-refractivity contribution in [3.63, 3.8) is 0 Å². The van der Waals surface area contributed by atoms with E-state index in [4.69, 9.17) is 0 Å². The Bertz CT molecular complexity index is 890. The molecule has 8 heteroatoms. The van der Waals surface area contributed by atoms with Crippen LogP contribution in [0.3, 0.4) is 0 Å². The van der Waals surface area contributed by atoms with E-state index in [0.717, 1.165) is 12.8 Å². The molecule has 2 heterocycles. The minimum Gasteiger partial charge on any atom is -0.316 e. The summed E-state index contributed by atoms with van der Waals surface area (Å²) in [6.07, 6.45) is 1.75. The number of fused-ring (bicyclic) bond motifs is 1. The molecular weight excluding hydrogens is 360 g/mol. The molecule has 0 N–H and O–H groups in total. The van der Waals surface area contributed by atoms with Crippen LogP contribution in [-0.2, 0) is 14.6 Å². The van der Waals surface area contributed by atoms with Gasteiger partial charge in [-0.25, -0.2) is 8.42 Å². The van der Waals surface area contributed by atoms with Crippen LogP contribution in [0.1, 0.15) is 30.1 Å². The first-order chi connectivity index (χ1) is 11.8. The number of ketones is 1. The summed E-state index contributed by atoms with van der Waals surface area (Å²) in [5.74, 6) is -0.0226. The number of Topliss-reactive ketones (excluding diaryl/α,β-unsaturated/α-hetero) is 1. The smallest absolute Gasteiger partial charge is 0.251 e. The highest BCUT2D eigenvalue weighted by Crippen LogP contribution is 2.42. The molecule has 3 fully saturated rings. The van der Waals surface area contributed by atoms with Gasteiger partial charge < -0.3 is 4.90 Å². The lowest BCUT2D eigenvalue weighted by Crippen LogP contribution is -2.37. The lowest BCUT2D eigenvalue weighted by molar-refractivity contribution is -0.118. The van der Waals surface area contributed by atoms with Crippen molar-refractivity contribution in [3.8, 4) is 0 Å². The van der Waals surface area contributed by atoms with Gasteiger partial charge in [0.1, 0.15) is 0 Å². The number of benzene rings is 1. The fourth-order valence-electron chi connectivity index (χ4n) is 3.26. The summed E-state index contributed by atoms with van der Waals surface area (Å²) in [7, 11) is -3.10. The lowest BCUT2D eigenvalue weighted by atomic mass is 10.1. The molecule has 132 valence electrons. The Balaban J connectivity index is 1.74. The number of sulfone groups is 1. The van der Waals surface area contributed by atoms with E-state index in [2.05, 4.69) is 4.99 Å². The standard InChI is InChI=1S/C17H18N2O4S2/c1-10(20)12-3-2-4-13(7-12)19-14-8-25(22,23)9-15(14)24-17(19)18-16(21)11-5-6-11/h2-4,7,11,14-15H,5-6,8-9H2,1H3/t14-,15-/m1/s1. The second-order valence-corrected chi connectivity index (χ2v) is 10.1. The van der Waals surface area contributed by atoms with E-state index < -0.39 is 9.84 Å². The quantitative estimate of drug-likeness (QED) is 0.747. The summed E-state index contributed by atoms with van der Waals surface area (Å²) in [6, 6.07) is 6.82. The fraction of sp³-hybridized carbons (Fsp3) is 0.471. The van der Waals surface area contributed by atoms with Gasteiger partial charge in [-0.1, -0.05) is 23.9 Å². The zero-order valence-corrected chi connectivity index (χ0v) is 15.3. The number of nitrogens with zero attached hydrogens (tertiary/aromatic N) is 2. The van der Waals surface area contributed by atoms with E-state index in [1.54, 1.807) is 18.2 Å². The van der Waals surface area contributed by atoms with Crippen LogP contribution in [0.2, 0.25) is 0 Å². The molecule has 3 aliphatic rings. The SMILES string of the molecule is CC(=O)c1cccc(N2C(=NC(=O)C3CC3)S[C@@H]3CS(=O)(=O)C[C@H]32)c1. The van der Waals surface area contributed by atoms with E-state index in [1.165, 1.54) is 18.7 Å². The molecule has 0 radical (unpaired) electrons. The van der Waals surface area contributed by atoms with Gasteiger partial charge in [0.15, 0.2) is 20.8 Å². The van der Waals surface area contributed by atoms with Crippen molar-refractivity contribution in [3.05, 3.63) is 29.8 Å². The van der Waals surface area contributed by atoms with Gasteiger partial charge in [0.05, 0.1) is 17.5 Å². The molecule has 0 aromatic heterocycles. The summed E-state index contributed by atoms with van der Waals surface area (Å²) in [4.78, 5) is 30.0. The molecule has 6 nitrogen and oxygen atoms in total. The van der Waals surface area contributed by atoms with Crippen LogP contribution in [0.5, 0.6) is 0 Å². The van der Waals surface area contributed by atoms with Crippen LogP contribution in [0, 0.1) is 5.92 Å².